The van der Waals surface area contributed by atoms with Crippen LogP contribution in [-0.2, 0) is 20.6 Å². The molecule has 4 aliphatic heterocycles. The second-order valence-corrected chi connectivity index (χ2v) is 12.9. The first-order valence-corrected chi connectivity index (χ1v) is 15.5. The van der Waals surface area contributed by atoms with Crippen molar-refractivity contribution < 1.29 is 27.6 Å². The molecule has 0 aliphatic carbocycles. The third-order valence-corrected chi connectivity index (χ3v) is 9.87. The molecule has 1 aromatic carbocycles. The molecule has 45 heavy (non-hydrogen) atoms. The molecule has 2 atom stereocenters. The molecular formula is C33H39F3N6O3. The molecule has 0 saturated carbocycles. The zero-order valence-corrected chi connectivity index (χ0v) is 25.9. The smallest absolute Gasteiger partial charge is 0.369 e. The minimum atomic E-state index is -4.61. The number of halogens is 3. The molecule has 0 N–H and O–H groups in total. The van der Waals surface area contributed by atoms with E-state index in [1.54, 1.807) is 16.8 Å². The lowest BCUT2D eigenvalue weighted by atomic mass is 9.91. The third-order valence-electron chi connectivity index (χ3n) is 9.87. The van der Waals surface area contributed by atoms with Crippen LogP contribution < -0.4 is 14.7 Å². The second-order valence-electron chi connectivity index (χ2n) is 12.9. The number of pyridine rings is 1. The molecule has 0 unspecified atom stereocenters. The Bertz CT molecular complexity index is 1520. The van der Waals surface area contributed by atoms with Crippen molar-refractivity contribution in [3.8, 4) is 0 Å². The van der Waals surface area contributed by atoms with E-state index in [4.69, 9.17) is 0 Å². The van der Waals surface area contributed by atoms with Gasteiger partial charge in [-0.15, -0.1) is 0 Å². The van der Waals surface area contributed by atoms with Crippen molar-refractivity contribution >= 4 is 34.9 Å². The summed E-state index contributed by atoms with van der Waals surface area (Å²) in [6.45, 7) is 11.5. The lowest BCUT2D eigenvalue weighted by Crippen LogP contribution is -2.62. The van der Waals surface area contributed by atoms with Gasteiger partial charge in [0.25, 0.3) is 0 Å². The summed E-state index contributed by atoms with van der Waals surface area (Å²) >= 11 is 0. The van der Waals surface area contributed by atoms with Gasteiger partial charge in [0.1, 0.15) is 11.9 Å². The first-order chi connectivity index (χ1) is 21.3. The van der Waals surface area contributed by atoms with Gasteiger partial charge in [-0.25, -0.2) is 4.98 Å². The number of hydrogen-bond donors (Lipinski definition) is 0. The van der Waals surface area contributed by atoms with Crippen molar-refractivity contribution in [3.05, 3.63) is 59.8 Å². The van der Waals surface area contributed by atoms with Gasteiger partial charge in [-0.2, -0.15) is 13.2 Å². The lowest BCUT2D eigenvalue weighted by Gasteiger charge is -2.48. The van der Waals surface area contributed by atoms with Gasteiger partial charge in [-0.3, -0.25) is 24.2 Å². The van der Waals surface area contributed by atoms with Crippen LogP contribution in [0.4, 0.5) is 30.4 Å². The standard InChI is InChI=1S/C33H39F3N6O3/c1-5-28(43)40-18-25(19-40)39-11-9-22(10-12-39)16-41-17-23-14-29(44)42(27-15-24(33(34,35)36)13-21(3)37-27)31(23)32(45)38(4)26-8-6-7-20(2)30(26)41/h5-8,13,15,22-23,25,31H,1,9-12,14,16-19H2,2-4H3/t23-,31+/m1/s1. The van der Waals surface area contributed by atoms with Crippen LogP contribution in [0.3, 0.4) is 0 Å². The number of para-hydroxylation sites is 1. The minimum Gasteiger partial charge on any atom is -0.369 e. The molecular weight excluding hydrogens is 585 g/mol. The van der Waals surface area contributed by atoms with Crippen LogP contribution in [0.25, 0.3) is 0 Å². The Morgan fingerprint density at radius 1 is 1.09 bits per heavy atom. The van der Waals surface area contributed by atoms with Gasteiger partial charge >= 0.3 is 6.18 Å². The van der Waals surface area contributed by atoms with Crippen LogP contribution in [0.15, 0.2) is 43.0 Å². The fourth-order valence-electron chi connectivity index (χ4n) is 7.48. The first kappa shape index (κ1) is 31.1. The van der Waals surface area contributed by atoms with E-state index in [2.05, 4.69) is 21.4 Å². The highest BCUT2D eigenvalue weighted by atomic mass is 19.4. The highest BCUT2D eigenvalue weighted by Gasteiger charge is 2.49. The summed E-state index contributed by atoms with van der Waals surface area (Å²) in [5, 5.41) is 0. The Morgan fingerprint density at radius 2 is 1.80 bits per heavy atom. The van der Waals surface area contributed by atoms with E-state index in [0.29, 0.717) is 24.2 Å². The monoisotopic (exact) mass is 624 g/mol. The van der Waals surface area contributed by atoms with Crippen molar-refractivity contribution in [2.24, 2.45) is 11.8 Å². The maximum Gasteiger partial charge on any atom is 0.416 e. The van der Waals surface area contributed by atoms with Gasteiger partial charge in [0.2, 0.25) is 17.7 Å². The topological polar surface area (TPSA) is 80.3 Å². The van der Waals surface area contributed by atoms with Crippen LogP contribution in [-0.4, -0.2) is 90.9 Å². The molecule has 6 rings (SSSR count). The second kappa shape index (κ2) is 11.8. The molecule has 0 radical (unpaired) electrons. The van der Waals surface area contributed by atoms with Crippen molar-refractivity contribution in [1.82, 2.24) is 14.8 Å². The number of aryl methyl sites for hydroxylation is 2. The number of carbonyl (C=O) groups excluding carboxylic acids is 3. The van der Waals surface area contributed by atoms with Gasteiger partial charge in [-0.1, -0.05) is 18.7 Å². The summed E-state index contributed by atoms with van der Waals surface area (Å²) in [7, 11) is 1.67. The van der Waals surface area contributed by atoms with Crippen LogP contribution in [0.1, 0.15) is 36.1 Å². The van der Waals surface area contributed by atoms with E-state index in [9.17, 15) is 27.6 Å². The summed E-state index contributed by atoms with van der Waals surface area (Å²) in [6.07, 6.45) is -1.26. The summed E-state index contributed by atoms with van der Waals surface area (Å²) < 4.78 is 41.2. The maximum atomic E-state index is 14.1. The average Bonchev–Trinajstić information content (AvgIpc) is 3.29. The van der Waals surface area contributed by atoms with Crippen LogP contribution in [0.5, 0.6) is 0 Å². The van der Waals surface area contributed by atoms with Crippen LogP contribution in [0, 0.1) is 25.7 Å². The number of nitrogens with zero attached hydrogens (tertiary/aromatic N) is 6. The Hall–Kier alpha value is -3.93. The van der Waals surface area contributed by atoms with E-state index < -0.39 is 29.6 Å². The molecule has 0 bridgehead atoms. The predicted molar refractivity (Wildman–Crippen MR) is 165 cm³/mol. The van der Waals surface area contributed by atoms with Crippen molar-refractivity contribution in [2.75, 3.05) is 61.0 Å². The van der Waals surface area contributed by atoms with E-state index in [0.717, 1.165) is 68.9 Å². The van der Waals surface area contributed by atoms with Gasteiger partial charge in [0.15, 0.2) is 0 Å². The molecule has 2 aromatic rings. The molecule has 5 heterocycles. The maximum absolute atomic E-state index is 14.1. The summed E-state index contributed by atoms with van der Waals surface area (Å²) in [5.41, 5.74) is 1.90. The lowest BCUT2D eigenvalue weighted by molar-refractivity contribution is -0.137. The molecule has 1 aromatic heterocycles. The normalized spacial score (nSPS) is 23.4. The Balaban J connectivity index is 1.26. The largest absolute Gasteiger partial charge is 0.416 e. The number of benzene rings is 1. The van der Waals surface area contributed by atoms with E-state index in [-0.39, 0.29) is 29.7 Å². The molecule has 3 amide bonds. The van der Waals surface area contributed by atoms with Gasteiger partial charge in [-0.05, 0) is 75.5 Å². The number of likely N-dealkylation sites (N-methyl/N-ethyl adjacent to an activating group) is 1. The summed E-state index contributed by atoms with van der Waals surface area (Å²) in [6, 6.07) is 7.00. The van der Waals surface area contributed by atoms with Crippen LogP contribution in [0.2, 0.25) is 0 Å². The molecule has 3 fully saturated rings. The summed E-state index contributed by atoms with van der Waals surface area (Å²) in [4.78, 5) is 53.1. The number of hydrogen-bond acceptors (Lipinski definition) is 6. The summed E-state index contributed by atoms with van der Waals surface area (Å²) in [5.74, 6) is -0.975. The Morgan fingerprint density at radius 3 is 2.47 bits per heavy atom. The number of fused-ring (bicyclic) bond motifs is 2. The van der Waals surface area contributed by atoms with Crippen molar-refractivity contribution in [1.29, 1.82) is 0 Å². The van der Waals surface area contributed by atoms with Crippen molar-refractivity contribution in [2.45, 2.75) is 51.4 Å². The highest BCUT2D eigenvalue weighted by molar-refractivity contribution is 6.10. The minimum absolute atomic E-state index is 0.0306. The van der Waals surface area contributed by atoms with Crippen molar-refractivity contribution in [3.63, 3.8) is 0 Å². The first-order valence-electron chi connectivity index (χ1n) is 15.5. The fourth-order valence-corrected chi connectivity index (χ4v) is 7.48. The number of amides is 3. The van der Waals surface area contributed by atoms with Gasteiger partial charge in [0.05, 0.1) is 16.9 Å². The molecule has 9 nitrogen and oxygen atoms in total. The molecule has 12 heteroatoms. The Kier molecular flexibility index (Phi) is 8.13. The zero-order valence-electron chi connectivity index (χ0n) is 25.9. The fraction of sp³-hybridized carbons (Fsp3) is 0.515. The number of anilines is 3. The number of alkyl halides is 3. The molecule has 240 valence electrons. The number of rotatable bonds is 5. The number of aromatic nitrogens is 1. The molecule has 4 aliphatic rings. The zero-order chi connectivity index (χ0) is 32.2. The average molecular weight is 625 g/mol. The highest BCUT2D eigenvalue weighted by Crippen LogP contribution is 2.42. The van der Waals surface area contributed by atoms with E-state index >= 15 is 0 Å². The SMILES string of the molecule is C=CC(=O)N1CC(N2CCC(CN3C[C@H]4CC(=O)N(c5cc(C(F)(F)F)cc(C)n5)[C@@H]4C(=O)N(C)c4cccc(C)c43)CC2)C1. The van der Waals surface area contributed by atoms with Gasteiger partial charge in [0, 0.05) is 57.3 Å². The quantitative estimate of drug-likeness (QED) is 0.468. The van der Waals surface area contributed by atoms with Crippen LogP contribution >= 0.6 is 0 Å². The molecule has 3 saturated heterocycles. The molecule has 0 spiro atoms. The number of piperidine rings is 1. The van der Waals surface area contributed by atoms with Gasteiger partial charge < -0.3 is 14.7 Å². The van der Waals surface area contributed by atoms with E-state index in [1.165, 1.54) is 17.9 Å². The number of carbonyl (C=O) groups is 3. The van der Waals surface area contributed by atoms with E-state index in [1.807, 2.05) is 25.1 Å². The third kappa shape index (κ3) is 5.80. The number of likely N-dealkylation sites (tertiary alicyclic amines) is 2. The Labute approximate surface area is 261 Å². The predicted octanol–water partition coefficient (Wildman–Crippen LogP) is 4.03.